The number of benzene rings is 1. The Labute approximate surface area is 171 Å². The van der Waals surface area contributed by atoms with Gasteiger partial charge < -0.3 is 14.6 Å². The lowest BCUT2D eigenvalue weighted by Gasteiger charge is -2.25. The summed E-state index contributed by atoms with van der Waals surface area (Å²) in [4.78, 5) is 36.8. The standard InChI is InChI=1S/C20H21IO6/c1-2-3-8-26-19(24)16-11-4-5-12(9-11)17(16)20(25)27-15-7-6-13(21)10-14(15)18(22)23/h4-7,10-12,16-17H,2-3,8-9H2,1H3,(H,22,23). The third-order valence-corrected chi connectivity index (χ3v) is 5.80. The Balaban J connectivity index is 1.78. The van der Waals surface area contributed by atoms with E-state index >= 15 is 0 Å². The Kier molecular flexibility index (Phi) is 6.18. The third kappa shape index (κ3) is 4.17. The summed E-state index contributed by atoms with van der Waals surface area (Å²) in [5, 5.41) is 9.35. The van der Waals surface area contributed by atoms with Crippen LogP contribution in [0.25, 0.3) is 0 Å². The largest absolute Gasteiger partial charge is 0.478 e. The Morgan fingerprint density at radius 2 is 1.81 bits per heavy atom. The van der Waals surface area contributed by atoms with Crippen molar-refractivity contribution >= 4 is 40.5 Å². The molecule has 0 saturated heterocycles. The summed E-state index contributed by atoms with van der Waals surface area (Å²) in [7, 11) is 0. The van der Waals surface area contributed by atoms with E-state index in [-0.39, 0.29) is 29.1 Å². The van der Waals surface area contributed by atoms with Crippen molar-refractivity contribution < 1.29 is 29.0 Å². The molecule has 2 bridgehead atoms. The molecule has 0 aromatic heterocycles. The molecule has 0 radical (unpaired) electrons. The predicted octanol–water partition coefficient (Wildman–Crippen LogP) is 3.68. The molecular weight excluding hydrogens is 463 g/mol. The number of ether oxygens (including phenoxy) is 2. The minimum absolute atomic E-state index is 0.00207. The van der Waals surface area contributed by atoms with E-state index < -0.39 is 23.8 Å². The maximum absolute atomic E-state index is 12.9. The summed E-state index contributed by atoms with van der Waals surface area (Å²) < 4.78 is 11.5. The molecule has 4 unspecified atom stereocenters. The normalized spacial score (nSPS) is 25.4. The van der Waals surface area contributed by atoms with E-state index in [1.165, 1.54) is 12.1 Å². The van der Waals surface area contributed by atoms with Crippen LogP contribution in [0.1, 0.15) is 36.5 Å². The zero-order valence-corrected chi connectivity index (χ0v) is 17.0. The molecule has 2 aliphatic rings. The first kappa shape index (κ1) is 19.9. The van der Waals surface area contributed by atoms with Gasteiger partial charge in [-0.25, -0.2) is 4.79 Å². The minimum atomic E-state index is -1.17. The number of rotatable bonds is 7. The first-order valence-corrected chi connectivity index (χ1v) is 10.1. The van der Waals surface area contributed by atoms with Gasteiger partial charge in [0.25, 0.3) is 0 Å². The average molecular weight is 484 g/mol. The number of unbranched alkanes of at least 4 members (excludes halogenated alkanes) is 1. The highest BCUT2D eigenvalue weighted by molar-refractivity contribution is 14.1. The molecule has 6 nitrogen and oxygen atoms in total. The van der Waals surface area contributed by atoms with Crippen LogP contribution in [0.5, 0.6) is 5.75 Å². The van der Waals surface area contributed by atoms with Gasteiger partial charge in [-0.3, -0.25) is 9.59 Å². The molecule has 1 fully saturated rings. The average Bonchev–Trinajstić information content (AvgIpc) is 3.24. The molecule has 0 heterocycles. The van der Waals surface area contributed by atoms with Gasteiger partial charge in [-0.2, -0.15) is 0 Å². The molecule has 1 N–H and O–H groups in total. The molecule has 2 aliphatic carbocycles. The molecule has 27 heavy (non-hydrogen) atoms. The van der Waals surface area contributed by atoms with Crippen LogP contribution in [0.15, 0.2) is 30.4 Å². The number of hydrogen-bond donors (Lipinski definition) is 1. The van der Waals surface area contributed by atoms with Crippen LogP contribution in [0.3, 0.4) is 0 Å². The smallest absolute Gasteiger partial charge is 0.339 e. The number of hydrogen-bond acceptors (Lipinski definition) is 5. The van der Waals surface area contributed by atoms with Gasteiger partial charge in [-0.15, -0.1) is 0 Å². The van der Waals surface area contributed by atoms with Gasteiger partial charge in [0.2, 0.25) is 0 Å². The molecule has 1 saturated carbocycles. The van der Waals surface area contributed by atoms with Crippen molar-refractivity contribution in [1.82, 2.24) is 0 Å². The highest BCUT2D eigenvalue weighted by Crippen LogP contribution is 2.49. The summed E-state index contributed by atoms with van der Waals surface area (Å²) in [6.45, 7) is 2.35. The van der Waals surface area contributed by atoms with Crippen molar-refractivity contribution in [2.75, 3.05) is 6.61 Å². The van der Waals surface area contributed by atoms with Crippen LogP contribution in [0.4, 0.5) is 0 Å². The third-order valence-electron chi connectivity index (χ3n) is 5.13. The second-order valence-corrected chi connectivity index (χ2v) is 8.13. The van der Waals surface area contributed by atoms with E-state index in [2.05, 4.69) is 0 Å². The van der Waals surface area contributed by atoms with Crippen LogP contribution in [-0.4, -0.2) is 29.6 Å². The quantitative estimate of drug-likeness (QED) is 0.209. The summed E-state index contributed by atoms with van der Waals surface area (Å²) in [5.74, 6) is -3.44. The lowest BCUT2D eigenvalue weighted by atomic mass is 9.83. The van der Waals surface area contributed by atoms with Crippen molar-refractivity contribution in [3.63, 3.8) is 0 Å². The van der Waals surface area contributed by atoms with E-state index in [4.69, 9.17) is 9.47 Å². The van der Waals surface area contributed by atoms with Crippen molar-refractivity contribution in [3.05, 3.63) is 39.5 Å². The van der Waals surface area contributed by atoms with E-state index in [9.17, 15) is 19.5 Å². The van der Waals surface area contributed by atoms with Crippen LogP contribution in [-0.2, 0) is 14.3 Å². The molecule has 1 aromatic rings. The van der Waals surface area contributed by atoms with Gasteiger partial charge in [-0.1, -0.05) is 25.5 Å². The molecule has 4 atom stereocenters. The number of carbonyl (C=O) groups is 3. The number of fused-ring (bicyclic) bond motifs is 2. The van der Waals surface area contributed by atoms with Crippen molar-refractivity contribution in [2.24, 2.45) is 23.7 Å². The number of halogens is 1. The number of carboxylic acid groups (broad SMARTS) is 1. The highest BCUT2D eigenvalue weighted by atomic mass is 127. The van der Waals surface area contributed by atoms with Crippen molar-refractivity contribution in [1.29, 1.82) is 0 Å². The van der Waals surface area contributed by atoms with Crippen molar-refractivity contribution in [2.45, 2.75) is 26.2 Å². The zero-order valence-electron chi connectivity index (χ0n) is 14.9. The van der Waals surface area contributed by atoms with E-state index in [0.717, 1.165) is 16.4 Å². The lowest BCUT2D eigenvalue weighted by molar-refractivity contribution is -0.157. The maximum atomic E-state index is 12.9. The first-order valence-electron chi connectivity index (χ1n) is 9.01. The minimum Gasteiger partial charge on any atom is -0.478 e. The van der Waals surface area contributed by atoms with Crippen LogP contribution in [0.2, 0.25) is 0 Å². The van der Waals surface area contributed by atoms with Gasteiger partial charge in [0, 0.05) is 3.57 Å². The molecule has 0 aliphatic heterocycles. The van der Waals surface area contributed by atoms with E-state index in [0.29, 0.717) is 13.0 Å². The highest BCUT2D eigenvalue weighted by Gasteiger charge is 2.53. The monoisotopic (exact) mass is 484 g/mol. The number of allylic oxidation sites excluding steroid dienone is 2. The van der Waals surface area contributed by atoms with Crippen LogP contribution < -0.4 is 4.74 Å². The van der Waals surface area contributed by atoms with Crippen LogP contribution in [0, 0.1) is 27.2 Å². The van der Waals surface area contributed by atoms with Gasteiger partial charge >= 0.3 is 17.9 Å². The molecule has 3 rings (SSSR count). The summed E-state index contributed by atoms with van der Waals surface area (Å²) >= 11 is 2.00. The van der Waals surface area contributed by atoms with Gasteiger partial charge in [0.05, 0.1) is 18.4 Å². The molecule has 7 heteroatoms. The zero-order chi connectivity index (χ0) is 19.6. The van der Waals surface area contributed by atoms with E-state index in [1.807, 2.05) is 41.7 Å². The number of carboxylic acids is 1. The maximum Gasteiger partial charge on any atom is 0.339 e. The molecule has 0 spiro atoms. The summed E-state index contributed by atoms with van der Waals surface area (Å²) in [6.07, 6.45) is 6.32. The Morgan fingerprint density at radius 3 is 2.44 bits per heavy atom. The second-order valence-electron chi connectivity index (χ2n) is 6.89. The Bertz CT molecular complexity index is 787. The number of esters is 2. The van der Waals surface area contributed by atoms with E-state index in [1.54, 1.807) is 6.07 Å². The SMILES string of the molecule is CCCCOC(=O)C1C2C=CC(C2)C1C(=O)Oc1ccc(I)cc1C(=O)O. The van der Waals surface area contributed by atoms with Gasteiger partial charge in [0.1, 0.15) is 11.3 Å². The summed E-state index contributed by atoms with van der Waals surface area (Å²) in [5.41, 5.74) is -0.0731. The fraction of sp³-hybridized carbons (Fsp3) is 0.450. The fourth-order valence-electron chi connectivity index (χ4n) is 3.81. The van der Waals surface area contributed by atoms with Crippen molar-refractivity contribution in [3.8, 4) is 5.75 Å². The van der Waals surface area contributed by atoms with Gasteiger partial charge in [0.15, 0.2) is 0 Å². The topological polar surface area (TPSA) is 89.9 Å². The number of carbonyl (C=O) groups excluding carboxylic acids is 2. The molecule has 144 valence electrons. The second kappa shape index (κ2) is 8.41. The molecular formula is C20H21IO6. The lowest BCUT2D eigenvalue weighted by Crippen LogP contribution is -2.36. The molecule has 0 amide bonds. The van der Waals surface area contributed by atoms with Crippen LogP contribution >= 0.6 is 22.6 Å². The predicted molar refractivity (Wildman–Crippen MR) is 105 cm³/mol. The van der Waals surface area contributed by atoms with Gasteiger partial charge in [-0.05, 0) is 65.5 Å². The fourth-order valence-corrected chi connectivity index (χ4v) is 4.30. The summed E-state index contributed by atoms with van der Waals surface area (Å²) in [6, 6.07) is 4.59. The first-order chi connectivity index (χ1) is 12.9. The Morgan fingerprint density at radius 1 is 1.15 bits per heavy atom. The molecule has 1 aromatic carbocycles. The number of aromatic carboxylic acids is 1. The Hall–Kier alpha value is -1.90.